The summed E-state index contributed by atoms with van der Waals surface area (Å²) in [5, 5.41) is 3.84. The molecule has 1 aromatic heterocycles. The van der Waals surface area contributed by atoms with Crippen LogP contribution in [0.4, 0.5) is 0 Å². The SMILES string of the molecule is COc1ccc(C2=CC(C)(c3nc(C)no3)ON2)cc1OC1CCCC1. The molecule has 1 N–H and O–H groups in total. The predicted molar refractivity (Wildman–Crippen MR) is 94.5 cm³/mol. The van der Waals surface area contributed by atoms with Gasteiger partial charge in [-0.05, 0) is 63.8 Å². The lowest BCUT2D eigenvalue weighted by atomic mass is 10.0. The van der Waals surface area contributed by atoms with Crippen LogP contribution in [0.15, 0.2) is 28.8 Å². The zero-order valence-corrected chi connectivity index (χ0v) is 15.2. The number of ether oxygens (including phenoxy) is 2. The second kappa shape index (κ2) is 6.64. The number of rotatable bonds is 5. The molecule has 138 valence electrons. The summed E-state index contributed by atoms with van der Waals surface area (Å²) in [6, 6.07) is 5.85. The lowest BCUT2D eigenvalue weighted by Gasteiger charge is -2.17. The van der Waals surface area contributed by atoms with E-state index >= 15 is 0 Å². The lowest BCUT2D eigenvalue weighted by Crippen LogP contribution is -2.23. The molecule has 1 aliphatic carbocycles. The van der Waals surface area contributed by atoms with Gasteiger partial charge in [0.05, 0.1) is 18.9 Å². The highest BCUT2D eigenvalue weighted by Crippen LogP contribution is 2.37. The van der Waals surface area contributed by atoms with Crippen LogP contribution < -0.4 is 15.0 Å². The Morgan fingerprint density at radius 3 is 2.73 bits per heavy atom. The van der Waals surface area contributed by atoms with Gasteiger partial charge in [-0.3, -0.25) is 10.3 Å². The Hall–Kier alpha value is -2.54. The van der Waals surface area contributed by atoms with Crippen molar-refractivity contribution in [3.63, 3.8) is 0 Å². The van der Waals surface area contributed by atoms with E-state index in [4.69, 9.17) is 18.8 Å². The average Bonchev–Trinajstić information content (AvgIpc) is 3.37. The van der Waals surface area contributed by atoms with Crippen molar-refractivity contribution in [2.45, 2.75) is 51.2 Å². The molecule has 0 bridgehead atoms. The number of hydroxylamine groups is 1. The van der Waals surface area contributed by atoms with Gasteiger partial charge in [-0.15, -0.1) is 0 Å². The Bertz CT molecular complexity index is 826. The number of methoxy groups -OCH3 is 1. The molecule has 1 aliphatic heterocycles. The zero-order chi connectivity index (χ0) is 18.1. The summed E-state index contributed by atoms with van der Waals surface area (Å²) in [4.78, 5) is 10.00. The van der Waals surface area contributed by atoms with Crippen LogP contribution in [0, 0.1) is 6.92 Å². The molecule has 4 rings (SSSR count). The fraction of sp³-hybridized carbons (Fsp3) is 0.474. The summed E-state index contributed by atoms with van der Waals surface area (Å²) in [7, 11) is 1.65. The molecule has 1 aromatic carbocycles. The smallest absolute Gasteiger partial charge is 0.265 e. The van der Waals surface area contributed by atoms with Crippen LogP contribution in [0.2, 0.25) is 0 Å². The van der Waals surface area contributed by atoms with Crippen LogP contribution in [-0.4, -0.2) is 23.4 Å². The summed E-state index contributed by atoms with van der Waals surface area (Å²) in [6.45, 7) is 3.65. The minimum Gasteiger partial charge on any atom is -0.493 e. The fourth-order valence-electron chi connectivity index (χ4n) is 3.36. The monoisotopic (exact) mass is 357 g/mol. The Morgan fingerprint density at radius 2 is 2.04 bits per heavy atom. The van der Waals surface area contributed by atoms with Gasteiger partial charge in [-0.25, -0.2) is 0 Å². The summed E-state index contributed by atoms with van der Waals surface area (Å²) in [5.41, 5.74) is 3.91. The van der Waals surface area contributed by atoms with Gasteiger partial charge in [0.25, 0.3) is 5.89 Å². The highest BCUT2D eigenvalue weighted by molar-refractivity contribution is 5.68. The van der Waals surface area contributed by atoms with E-state index in [1.165, 1.54) is 12.8 Å². The van der Waals surface area contributed by atoms with Crippen molar-refractivity contribution in [2.24, 2.45) is 0 Å². The first-order valence-electron chi connectivity index (χ1n) is 8.90. The molecule has 26 heavy (non-hydrogen) atoms. The highest BCUT2D eigenvalue weighted by Gasteiger charge is 2.38. The van der Waals surface area contributed by atoms with Crippen LogP contribution in [0.1, 0.15) is 49.9 Å². The Morgan fingerprint density at radius 1 is 1.23 bits per heavy atom. The molecule has 2 aromatic rings. The molecule has 7 heteroatoms. The average molecular weight is 357 g/mol. The number of aryl methyl sites for hydroxylation is 1. The molecule has 7 nitrogen and oxygen atoms in total. The Kier molecular flexibility index (Phi) is 4.32. The third-order valence-corrected chi connectivity index (χ3v) is 4.82. The molecule has 1 fully saturated rings. The first-order chi connectivity index (χ1) is 12.6. The zero-order valence-electron chi connectivity index (χ0n) is 15.2. The number of aromatic nitrogens is 2. The molecule has 1 unspecified atom stereocenters. The Balaban J connectivity index is 1.62. The summed E-state index contributed by atoms with van der Waals surface area (Å²) < 4.78 is 16.9. The maximum absolute atomic E-state index is 6.18. The third kappa shape index (κ3) is 3.14. The van der Waals surface area contributed by atoms with Crippen molar-refractivity contribution < 1.29 is 18.8 Å². The number of hydrogen-bond acceptors (Lipinski definition) is 7. The number of hydrogen-bond donors (Lipinski definition) is 1. The maximum atomic E-state index is 6.18. The van der Waals surface area contributed by atoms with Crippen molar-refractivity contribution in [2.75, 3.05) is 7.11 Å². The van der Waals surface area contributed by atoms with E-state index in [-0.39, 0.29) is 6.10 Å². The molecule has 0 saturated heterocycles. The van der Waals surface area contributed by atoms with Crippen LogP contribution >= 0.6 is 0 Å². The first kappa shape index (κ1) is 16.9. The van der Waals surface area contributed by atoms with Crippen molar-refractivity contribution in [1.29, 1.82) is 0 Å². The summed E-state index contributed by atoms with van der Waals surface area (Å²) in [6.07, 6.45) is 6.80. The normalized spacial score (nSPS) is 23.0. The van der Waals surface area contributed by atoms with Crippen molar-refractivity contribution in [1.82, 2.24) is 15.6 Å². The van der Waals surface area contributed by atoms with Gasteiger partial charge in [0.15, 0.2) is 22.9 Å². The molecule has 0 amide bonds. The van der Waals surface area contributed by atoms with E-state index < -0.39 is 5.60 Å². The minimum absolute atomic E-state index is 0.257. The van der Waals surface area contributed by atoms with Crippen LogP contribution in [0.5, 0.6) is 11.5 Å². The fourth-order valence-corrected chi connectivity index (χ4v) is 3.36. The highest BCUT2D eigenvalue weighted by atomic mass is 16.7. The minimum atomic E-state index is -0.816. The molecular weight excluding hydrogens is 334 g/mol. The van der Waals surface area contributed by atoms with Gasteiger partial charge >= 0.3 is 0 Å². The van der Waals surface area contributed by atoms with Crippen LogP contribution in [-0.2, 0) is 10.4 Å². The standard InChI is InChI=1S/C19H23N3O4/c1-12-20-18(25-21-12)19(2)11-15(22-26-19)13-8-9-16(23-3)17(10-13)24-14-6-4-5-7-14/h8-11,14,22H,4-7H2,1-3H3. The van der Waals surface area contributed by atoms with E-state index in [1.54, 1.807) is 14.0 Å². The van der Waals surface area contributed by atoms with Crippen molar-refractivity contribution in [3.8, 4) is 11.5 Å². The lowest BCUT2D eigenvalue weighted by molar-refractivity contribution is -0.0445. The third-order valence-electron chi connectivity index (χ3n) is 4.82. The summed E-state index contributed by atoms with van der Waals surface area (Å²) in [5.74, 6) is 2.47. The topological polar surface area (TPSA) is 78.6 Å². The largest absolute Gasteiger partial charge is 0.493 e. The quantitative estimate of drug-likeness (QED) is 0.877. The van der Waals surface area contributed by atoms with Gasteiger partial charge in [0, 0.05) is 5.56 Å². The molecule has 1 atom stereocenters. The van der Waals surface area contributed by atoms with E-state index in [0.29, 0.717) is 11.7 Å². The second-order valence-corrected chi connectivity index (χ2v) is 6.91. The van der Waals surface area contributed by atoms with Gasteiger partial charge in [0.1, 0.15) is 0 Å². The van der Waals surface area contributed by atoms with E-state index in [2.05, 4.69) is 15.6 Å². The summed E-state index contributed by atoms with van der Waals surface area (Å²) >= 11 is 0. The van der Waals surface area contributed by atoms with Gasteiger partial charge in [0.2, 0.25) is 0 Å². The predicted octanol–water partition coefficient (Wildman–Crippen LogP) is 3.50. The number of nitrogens with one attached hydrogen (secondary N) is 1. The van der Waals surface area contributed by atoms with Gasteiger partial charge in [-0.2, -0.15) is 4.98 Å². The van der Waals surface area contributed by atoms with E-state index in [9.17, 15) is 0 Å². The molecule has 1 saturated carbocycles. The van der Waals surface area contributed by atoms with Gasteiger partial charge in [-0.1, -0.05) is 5.16 Å². The number of benzene rings is 1. The number of nitrogens with zero attached hydrogens (tertiary/aromatic N) is 2. The Labute approximate surface area is 152 Å². The first-order valence-corrected chi connectivity index (χ1v) is 8.90. The second-order valence-electron chi connectivity index (χ2n) is 6.91. The van der Waals surface area contributed by atoms with E-state index in [1.807, 2.05) is 31.2 Å². The van der Waals surface area contributed by atoms with Crippen LogP contribution in [0.3, 0.4) is 0 Å². The van der Waals surface area contributed by atoms with Crippen LogP contribution in [0.25, 0.3) is 5.70 Å². The van der Waals surface area contributed by atoms with Crippen molar-refractivity contribution in [3.05, 3.63) is 41.6 Å². The molecule has 2 aliphatic rings. The molecule has 0 spiro atoms. The molecule has 2 heterocycles. The maximum Gasteiger partial charge on any atom is 0.265 e. The van der Waals surface area contributed by atoms with E-state index in [0.717, 1.165) is 35.6 Å². The molecular formula is C19H23N3O4. The van der Waals surface area contributed by atoms with Gasteiger partial charge < -0.3 is 14.0 Å². The molecule has 0 radical (unpaired) electrons. The van der Waals surface area contributed by atoms with Crippen molar-refractivity contribution >= 4 is 5.70 Å².